The molecular formula is C27H36F3NO6. The number of halogens is 3. The molecule has 3 unspecified atom stereocenters. The molecule has 0 radical (unpaired) electrons. The molecule has 1 heterocycles. The van der Waals surface area contributed by atoms with E-state index >= 15 is 0 Å². The van der Waals surface area contributed by atoms with E-state index < -0.39 is 53.2 Å². The fourth-order valence-electron chi connectivity index (χ4n) is 5.32. The van der Waals surface area contributed by atoms with Gasteiger partial charge >= 0.3 is 24.0 Å². The van der Waals surface area contributed by atoms with E-state index in [2.05, 4.69) is 0 Å². The zero-order valence-electron chi connectivity index (χ0n) is 22.0. The third kappa shape index (κ3) is 6.64. The largest absolute Gasteiger partial charge is 0.471 e. The van der Waals surface area contributed by atoms with Gasteiger partial charge in [0, 0.05) is 24.6 Å². The number of hydrogen-bond acceptors (Lipinski definition) is 6. The maximum absolute atomic E-state index is 13.7. The molecule has 1 aliphatic heterocycles. The van der Waals surface area contributed by atoms with Crippen LogP contribution in [0.15, 0.2) is 30.3 Å². The Morgan fingerprint density at radius 2 is 1.76 bits per heavy atom. The van der Waals surface area contributed by atoms with Gasteiger partial charge in [0.2, 0.25) is 0 Å². The fourth-order valence-corrected chi connectivity index (χ4v) is 5.32. The Morgan fingerprint density at radius 3 is 2.32 bits per heavy atom. The van der Waals surface area contributed by atoms with Crippen LogP contribution in [0.4, 0.5) is 13.2 Å². The summed E-state index contributed by atoms with van der Waals surface area (Å²) in [4.78, 5) is 40.0. The Labute approximate surface area is 215 Å². The van der Waals surface area contributed by atoms with E-state index in [1.165, 1.54) is 0 Å². The van der Waals surface area contributed by atoms with Crippen molar-refractivity contribution in [1.29, 1.82) is 0 Å². The number of nitrogens with zero attached hydrogens (tertiary/aromatic N) is 1. The molecule has 0 bridgehead atoms. The van der Waals surface area contributed by atoms with Gasteiger partial charge in [-0.25, -0.2) is 4.79 Å². The van der Waals surface area contributed by atoms with Crippen molar-refractivity contribution in [1.82, 2.24) is 4.90 Å². The number of amides is 1. The SMILES string of the molecule is CC(OC(=O)c1ccccc1)[C@]1(C(=O)OC(C)(C)C)CCC(N(C(=O)C(F)(F)F)C2CCOC[C@H]2C)C1. The van der Waals surface area contributed by atoms with E-state index in [0.29, 0.717) is 0 Å². The summed E-state index contributed by atoms with van der Waals surface area (Å²) >= 11 is 0. The van der Waals surface area contributed by atoms with Crippen molar-refractivity contribution in [2.75, 3.05) is 13.2 Å². The Bertz CT molecular complexity index is 977. The molecular weight excluding hydrogens is 491 g/mol. The van der Waals surface area contributed by atoms with Crippen LogP contribution in [0.1, 0.15) is 70.7 Å². The lowest BCUT2D eigenvalue weighted by Gasteiger charge is -2.43. The number of rotatable bonds is 6. The van der Waals surface area contributed by atoms with Crippen LogP contribution in [0.25, 0.3) is 0 Å². The molecule has 2 aliphatic rings. The molecule has 37 heavy (non-hydrogen) atoms. The topological polar surface area (TPSA) is 82.1 Å². The molecule has 0 N–H and O–H groups in total. The summed E-state index contributed by atoms with van der Waals surface area (Å²) in [5.74, 6) is -3.55. The first-order valence-electron chi connectivity index (χ1n) is 12.6. The van der Waals surface area contributed by atoms with Gasteiger partial charge < -0.3 is 19.1 Å². The van der Waals surface area contributed by atoms with E-state index in [-0.39, 0.29) is 50.4 Å². The molecule has 3 rings (SSSR count). The third-order valence-electron chi connectivity index (χ3n) is 7.22. The minimum atomic E-state index is -5.07. The smallest absolute Gasteiger partial charge is 0.459 e. The van der Waals surface area contributed by atoms with Gasteiger partial charge in [0.15, 0.2) is 0 Å². The molecule has 1 aliphatic carbocycles. The maximum Gasteiger partial charge on any atom is 0.471 e. The highest BCUT2D eigenvalue weighted by Gasteiger charge is 2.57. The number of esters is 2. The second-order valence-electron chi connectivity index (χ2n) is 11.1. The standard InChI is InChI=1S/C27H36F3NO6/c1-17-16-35-14-12-21(17)31(23(33)27(28,29)30)20-11-13-26(15-20,24(34)37-25(3,4)5)18(2)36-22(32)19-9-7-6-8-10-19/h6-10,17-18,20-21H,11-16H2,1-5H3/t17-,18?,20?,21?,26+/m1/s1. The third-order valence-corrected chi connectivity index (χ3v) is 7.22. The van der Waals surface area contributed by atoms with Crippen molar-refractivity contribution in [3.05, 3.63) is 35.9 Å². The monoisotopic (exact) mass is 527 g/mol. The molecule has 5 atom stereocenters. The van der Waals surface area contributed by atoms with E-state index in [1.54, 1.807) is 65.0 Å². The zero-order chi connectivity index (χ0) is 27.6. The van der Waals surface area contributed by atoms with Gasteiger partial charge in [-0.05, 0) is 65.5 Å². The number of benzene rings is 1. The van der Waals surface area contributed by atoms with E-state index in [0.717, 1.165) is 4.90 Å². The molecule has 1 amide bonds. The van der Waals surface area contributed by atoms with Gasteiger partial charge in [-0.3, -0.25) is 9.59 Å². The number of ether oxygens (including phenoxy) is 3. The van der Waals surface area contributed by atoms with Gasteiger partial charge in [-0.15, -0.1) is 0 Å². The van der Waals surface area contributed by atoms with Crippen molar-refractivity contribution >= 4 is 17.8 Å². The second kappa shape index (κ2) is 11.0. The fraction of sp³-hybridized carbons (Fsp3) is 0.667. The van der Waals surface area contributed by atoms with Crippen LogP contribution in [0, 0.1) is 11.3 Å². The van der Waals surface area contributed by atoms with Gasteiger partial charge in [0.25, 0.3) is 0 Å². The Morgan fingerprint density at radius 1 is 1.11 bits per heavy atom. The van der Waals surface area contributed by atoms with Crippen LogP contribution in [0.5, 0.6) is 0 Å². The van der Waals surface area contributed by atoms with Crippen LogP contribution in [-0.4, -0.2) is 65.9 Å². The predicted octanol–water partition coefficient (Wildman–Crippen LogP) is 4.93. The summed E-state index contributed by atoms with van der Waals surface area (Å²) in [5.41, 5.74) is -2.00. The molecule has 2 fully saturated rings. The summed E-state index contributed by atoms with van der Waals surface area (Å²) in [6, 6.07) is 6.66. The quantitative estimate of drug-likeness (QED) is 0.488. The minimum Gasteiger partial charge on any atom is -0.459 e. The number of carbonyl (C=O) groups excluding carboxylic acids is 3. The highest BCUT2D eigenvalue weighted by Crippen LogP contribution is 2.48. The number of alkyl halides is 3. The molecule has 1 aromatic rings. The van der Waals surface area contributed by atoms with Crippen molar-refractivity contribution in [2.45, 2.75) is 90.3 Å². The molecule has 1 saturated heterocycles. The van der Waals surface area contributed by atoms with Crippen molar-refractivity contribution in [2.24, 2.45) is 11.3 Å². The molecule has 1 saturated carbocycles. The van der Waals surface area contributed by atoms with E-state index in [1.807, 2.05) is 0 Å². The summed E-state index contributed by atoms with van der Waals surface area (Å²) in [6.45, 7) is 8.85. The summed E-state index contributed by atoms with van der Waals surface area (Å²) in [5, 5.41) is 0. The molecule has 10 heteroatoms. The second-order valence-corrected chi connectivity index (χ2v) is 11.1. The van der Waals surface area contributed by atoms with Crippen molar-refractivity contribution in [3.63, 3.8) is 0 Å². The molecule has 7 nitrogen and oxygen atoms in total. The first-order chi connectivity index (χ1) is 17.2. The van der Waals surface area contributed by atoms with Crippen LogP contribution in [0.3, 0.4) is 0 Å². The van der Waals surface area contributed by atoms with Crippen LogP contribution in [-0.2, 0) is 23.8 Å². The maximum atomic E-state index is 13.7. The first kappa shape index (κ1) is 28.9. The molecule has 0 spiro atoms. The van der Waals surface area contributed by atoms with E-state index in [4.69, 9.17) is 14.2 Å². The van der Waals surface area contributed by atoms with Crippen molar-refractivity contribution in [3.8, 4) is 0 Å². The lowest BCUT2D eigenvalue weighted by atomic mass is 9.80. The number of hydrogen-bond donors (Lipinski definition) is 0. The van der Waals surface area contributed by atoms with E-state index in [9.17, 15) is 27.6 Å². The van der Waals surface area contributed by atoms with Crippen molar-refractivity contribution < 1.29 is 41.8 Å². The summed E-state index contributed by atoms with van der Waals surface area (Å²) < 4.78 is 58.0. The lowest BCUT2D eigenvalue weighted by Crippen LogP contribution is -2.56. The molecule has 1 aromatic carbocycles. The summed E-state index contributed by atoms with van der Waals surface area (Å²) in [6.07, 6.45) is -5.68. The Kier molecular flexibility index (Phi) is 8.61. The van der Waals surface area contributed by atoms with Gasteiger partial charge in [0.1, 0.15) is 17.1 Å². The Balaban J connectivity index is 1.95. The molecule has 206 valence electrons. The van der Waals surface area contributed by atoms with Gasteiger partial charge in [0.05, 0.1) is 12.2 Å². The average Bonchev–Trinajstić information content (AvgIpc) is 3.26. The normalized spacial score (nSPS) is 27.3. The lowest BCUT2D eigenvalue weighted by molar-refractivity contribution is -0.195. The highest BCUT2D eigenvalue weighted by atomic mass is 19.4. The Hall–Kier alpha value is -2.62. The number of carbonyl (C=O) groups is 3. The van der Waals surface area contributed by atoms with Crippen LogP contribution < -0.4 is 0 Å². The first-order valence-corrected chi connectivity index (χ1v) is 12.6. The van der Waals surface area contributed by atoms with Crippen LogP contribution >= 0.6 is 0 Å². The van der Waals surface area contributed by atoms with Gasteiger partial charge in [-0.2, -0.15) is 13.2 Å². The predicted molar refractivity (Wildman–Crippen MR) is 129 cm³/mol. The highest BCUT2D eigenvalue weighted by molar-refractivity contribution is 5.90. The molecule has 0 aromatic heterocycles. The van der Waals surface area contributed by atoms with Gasteiger partial charge in [-0.1, -0.05) is 25.1 Å². The minimum absolute atomic E-state index is 0.106. The zero-order valence-corrected chi connectivity index (χ0v) is 22.0. The average molecular weight is 528 g/mol. The summed E-state index contributed by atoms with van der Waals surface area (Å²) in [7, 11) is 0. The van der Waals surface area contributed by atoms with Crippen LogP contribution in [0.2, 0.25) is 0 Å².